The highest BCUT2D eigenvalue weighted by Crippen LogP contribution is 2.21. The van der Waals surface area contributed by atoms with Gasteiger partial charge in [0.05, 0.1) is 17.5 Å². The van der Waals surface area contributed by atoms with E-state index in [1.54, 1.807) is 25.1 Å². The summed E-state index contributed by atoms with van der Waals surface area (Å²) in [7, 11) is 1.28. The molecular formula is C12H12BrClO3. The minimum atomic E-state index is -0.534. The molecule has 3 nitrogen and oxygen atoms in total. The lowest BCUT2D eigenvalue weighted by Crippen LogP contribution is -2.18. The largest absolute Gasteiger partial charge is 0.465 e. The van der Waals surface area contributed by atoms with Crippen molar-refractivity contribution in [3.63, 3.8) is 0 Å². The van der Waals surface area contributed by atoms with Crippen LogP contribution in [0.5, 0.6) is 0 Å². The molecule has 0 amide bonds. The van der Waals surface area contributed by atoms with Gasteiger partial charge in [-0.2, -0.15) is 0 Å². The van der Waals surface area contributed by atoms with Crippen LogP contribution >= 0.6 is 27.5 Å². The monoisotopic (exact) mass is 318 g/mol. The fourth-order valence-electron chi connectivity index (χ4n) is 1.48. The lowest BCUT2D eigenvalue weighted by atomic mass is 9.97. The molecule has 0 spiro atoms. The zero-order chi connectivity index (χ0) is 13.0. The van der Waals surface area contributed by atoms with E-state index in [2.05, 4.69) is 20.7 Å². The van der Waals surface area contributed by atoms with Gasteiger partial charge in [0.15, 0.2) is 5.78 Å². The van der Waals surface area contributed by atoms with Crippen LogP contribution in [-0.2, 0) is 10.6 Å². The molecule has 17 heavy (non-hydrogen) atoms. The fraction of sp³-hybridized carbons (Fsp3) is 0.333. The second kappa shape index (κ2) is 6.17. The maximum absolute atomic E-state index is 12.1. The molecule has 0 saturated carbocycles. The van der Waals surface area contributed by atoms with Crippen molar-refractivity contribution in [2.75, 3.05) is 7.11 Å². The van der Waals surface area contributed by atoms with E-state index in [0.717, 1.165) is 0 Å². The van der Waals surface area contributed by atoms with E-state index in [1.807, 2.05) is 0 Å². The van der Waals surface area contributed by atoms with E-state index < -0.39 is 5.97 Å². The Kier molecular flexibility index (Phi) is 5.15. The van der Waals surface area contributed by atoms with Crippen LogP contribution in [0.3, 0.4) is 0 Å². The van der Waals surface area contributed by atoms with Crippen LogP contribution in [0.15, 0.2) is 18.2 Å². The van der Waals surface area contributed by atoms with Crippen molar-refractivity contribution in [1.82, 2.24) is 0 Å². The van der Waals surface area contributed by atoms with Crippen LogP contribution in [0.25, 0.3) is 0 Å². The van der Waals surface area contributed by atoms with E-state index >= 15 is 0 Å². The van der Waals surface area contributed by atoms with Gasteiger partial charge in [-0.3, -0.25) is 4.79 Å². The van der Waals surface area contributed by atoms with E-state index in [9.17, 15) is 9.59 Å². The molecule has 92 valence electrons. The van der Waals surface area contributed by atoms with Crippen LogP contribution in [0.4, 0.5) is 0 Å². The molecule has 0 heterocycles. The van der Waals surface area contributed by atoms with Crippen LogP contribution in [0.1, 0.15) is 33.2 Å². The number of halogens is 2. The minimum absolute atomic E-state index is 0.172. The summed E-state index contributed by atoms with van der Waals surface area (Å²) >= 11 is 8.98. The van der Waals surface area contributed by atoms with Gasteiger partial charge in [0, 0.05) is 11.4 Å². The highest BCUT2D eigenvalue weighted by atomic mass is 79.9. The summed E-state index contributed by atoms with van der Waals surface area (Å²) in [6, 6.07) is 4.96. The number of benzene rings is 1. The smallest absolute Gasteiger partial charge is 0.338 e. The lowest BCUT2D eigenvalue weighted by Gasteiger charge is -2.12. The van der Waals surface area contributed by atoms with Crippen LogP contribution in [0.2, 0.25) is 0 Å². The molecule has 0 N–H and O–H groups in total. The Balaban J connectivity index is 3.40. The number of carbonyl (C=O) groups excluding carboxylic acids is 2. The average Bonchev–Trinajstić information content (AvgIpc) is 2.35. The Labute approximate surface area is 113 Å². The van der Waals surface area contributed by atoms with E-state index in [1.165, 1.54) is 7.11 Å². The van der Waals surface area contributed by atoms with E-state index in [4.69, 9.17) is 11.6 Å². The SMILES string of the molecule is COC(=O)c1cccc(CCl)c1C(=O)C(C)Br. The Morgan fingerprint density at radius 1 is 1.47 bits per heavy atom. The van der Waals surface area contributed by atoms with Gasteiger partial charge in [0.25, 0.3) is 0 Å². The number of alkyl halides is 2. The summed E-state index contributed by atoms with van der Waals surface area (Å²) in [5.74, 6) is -0.541. The van der Waals surface area contributed by atoms with Crippen LogP contribution in [0, 0.1) is 0 Å². The third-order valence-corrected chi connectivity index (χ3v) is 3.01. The zero-order valence-electron chi connectivity index (χ0n) is 9.50. The minimum Gasteiger partial charge on any atom is -0.465 e. The molecule has 0 aromatic heterocycles. The normalized spacial score (nSPS) is 12.0. The van der Waals surface area contributed by atoms with Crippen LogP contribution in [-0.4, -0.2) is 23.7 Å². The maximum atomic E-state index is 12.1. The molecule has 0 fully saturated rings. The summed E-state index contributed by atoms with van der Waals surface area (Å²) in [5, 5.41) is 0. The van der Waals surface area contributed by atoms with Crippen LogP contribution < -0.4 is 0 Å². The number of methoxy groups -OCH3 is 1. The number of carbonyl (C=O) groups is 2. The Bertz CT molecular complexity index is 443. The van der Waals surface area contributed by atoms with Gasteiger partial charge in [-0.1, -0.05) is 28.1 Å². The Hall–Kier alpha value is -0.870. The van der Waals surface area contributed by atoms with Crippen molar-refractivity contribution in [2.45, 2.75) is 17.6 Å². The predicted molar refractivity (Wildman–Crippen MR) is 70.1 cm³/mol. The standard InChI is InChI=1S/C12H12BrClO3/c1-7(13)11(15)10-8(6-14)4-3-5-9(10)12(16)17-2/h3-5,7H,6H2,1-2H3. The van der Waals surface area contributed by atoms with Crippen molar-refractivity contribution in [2.24, 2.45) is 0 Å². The lowest BCUT2D eigenvalue weighted by molar-refractivity contribution is 0.0597. The summed E-state index contributed by atoms with van der Waals surface area (Å²) in [4.78, 5) is 23.3. The first-order valence-corrected chi connectivity index (χ1v) is 6.42. The van der Waals surface area contributed by atoms with Crippen molar-refractivity contribution in [1.29, 1.82) is 0 Å². The predicted octanol–water partition coefficient (Wildman–Crippen LogP) is 3.18. The quantitative estimate of drug-likeness (QED) is 0.486. The molecule has 0 aliphatic heterocycles. The van der Waals surface area contributed by atoms with Crippen molar-refractivity contribution >= 4 is 39.3 Å². The summed E-state index contributed by atoms with van der Waals surface area (Å²) < 4.78 is 4.66. The average molecular weight is 320 g/mol. The third-order valence-electron chi connectivity index (χ3n) is 2.31. The molecule has 1 aromatic rings. The number of ketones is 1. The van der Waals surface area contributed by atoms with Gasteiger partial charge >= 0.3 is 5.97 Å². The number of rotatable bonds is 4. The molecule has 1 atom stereocenters. The van der Waals surface area contributed by atoms with Gasteiger partial charge in [0.1, 0.15) is 0 Å². The highest BCUT2D eigenvalue weighted by Gasteiger charge is 2.23. The third kappa shape index (κ3) is 3.07. The first kappa shape index (κ1) is 14.2. The second-order valence-corrected chi connectivity index (χ2v) is 5.09. The van der Waals surface area contributed by atoms with Gasteiger partial charge in [-0.15, -0.1) is 11.6 Å². The molecule has 1 rings (SSSR count). The first-order chi connectivity index (χ1) is 8.02. The number of hydrogen-bond acceptors (Lipinski definition) is 3. The fourth-order valence-corrected chi connectivity index (χ4v) is 1.93. The van der Waals surface area contributed by atoms with Crippen molar-refractivity contribution in [3.05, 3.63) is 34.9 Å². The van der Waals surface area contributed by atoms with Gasteiger partial charge in [-0.05, 0) is 18.6 Å². The summed E-state index contributed by atoms with van der Waals surface area (Å²) in [6.07, 6.45) is 0. The molecule has 0 saturated heterocycles. The number of esters is 1. The Morgan fingerprint density at radius 2 is 2.12 bits per heavy atom. The van der Waals surface area contributed by atoms with Gasteiger partial charge in [0.2, 0.25) is 0 Å². The molecule has 1 unspecified atom stereocenters. The molecule has 1 aromatic carbocycles. The molecule has 5 heteroatoms. The number of hydrogen-bond donors (Lipinski definition) is 0. The Morgan fingerprint density at radius 3 is 2.59 bits per heavy atom. The molecule has 0 radical (unpaired) electrons. The molecule has 0 bridgehead atoms. The van der Waals surface area contributed by atoms with E-state index in [-0.39, 0.29) is 22.1 Å². The van der Waals surface area contributed by atoms with Crippen molar-refractivity contribution < 1.29 is 14.3 Å². The molecule has 0 aliphatic rings. The van der Waals surface area contributed by atoms with E-state index in [0.29, 0.717) is 11.1 Å². The maximum Gasteiger partial charge on any atom is 0.338 e. The number of ether oxygens (including phenoxy) is 1. The zero-order valence-corrected chi connectivity index (χ0v) is 11.8. The van der Waals surface area contributed by atoms with Crippen molar-refractivity contribution in [3.8, 4) is 0 Å². The molecule has 0 aliphatic carbocycles. The first-order valence-electron chi connectivity index (χ1n) is 4.97. The second-order valence-electron chi connectivity index (χ2n) is 3.45. The summed E-state index contributed by atoms with van der Waals surface area (Å²) in [6.45, 7) is 1.70. The number of Topliss-reactive ketones (excluding diaryl/α,β-unsaturated/α-hetero) is 1. The highest BCUT2D eigenvalue weighted by molar-refractivity contribution is 9.10. The molecular weight excluding hydrogens is 307 g/mol. The summed E-state index contributed by atoms with van der Waals surface area (Å²) in [5.41, 5.74) is 1.21. The van der Waals surface area contributed by atoms with Gasteiger partial charge in [-0.25, -0.2) is 4.79 Å². The topological polar surface area (TPSA) is 43.4 Å². The van der Waals surface area contributed by atoms with Gasteiger partial charge < -0.3 is 4.74 Å².